The summed E-state index contributed by atoms with van der Waals surface area (Å²) in [5.41, 5.74) is 0. The fraction of sp³-hybridized carbons (Fsp3) is 1.00. The summed E-state index contributed by atoms with van der Waals surface area (Å²) in [6.07, 6.45) is 2.81. The zero-order valence-electron chi connectivity index (χ0n) is 7.29. The molecule has 1 saturated carbocycles. The Morgan fingerprint density at radius 1 is 1.00 bits per heavy atom. The van der Waals surface area contributed by atoms with Crippen molar-refractivity contribution < 1.29 is 14.9 Å². The fourth-order valence-electron chi connectivity index (χ4n) is 1.09. The average molecular weight is 162 g/mol. The normalized spacial score (nSPS) is 30.5. The van der Waals surface area contributed by atoms with Gasteiger partial charge in [-0.2, -0.15) is 0 Å². The van der Waals surface area contributed by atoms with E-state index in [1.54, 1.807) is 14.2 Å². The Balaban J connectivity index is 0.000000292. The first-order valence-electron chi connectivity index (χ1n) is 3.98. The van der Waals surface area contributed by atoms with Gasteiger partial charge in [0.1, 0.15) is 0 Å². The van der Waals surface area contributed by atoms with Crippen LogP contribution < -0.4 is 0 Å². The molecule has 0 bridgehead atoms. The third-order valence-corrected chi connectivity index (χ3v) is 1.69. The Kier molecular flexibility index (Phi) is 6.51. The molecule has 1 aliphatic carbocycles. The Morgan fingerprint density at radius 2 is 1.27 bits per heavy atom. The minimum atomic E-state index is -0.441. The molecule has 2 atom stereocenters. The molecule has 0 heterocycles. The van der Waals surface area contributed by atoms with Crippen LogP contribution in [-0.2, 0) is 4.74 Å². The Hall–Kier alpha value is -0.120. The zero-order valence-corrected chi connectivity index (χ0v) is 7.29. The lowest BCUT2D eigenvalue weighted by molar-refractivity contribution is -0.00865. The highest BCUT2D eigenvalue weighted by Gasteiger charge is 2.19. The lowest BCUT2D eigenvalue weighted by atomic mass is 9.95. The maximum atomic E-state index is 8.93. The van der Waals surface area contributed by atoms with Crippen molar-refractivity contribution >= 4 is 0 Å². The summed E-state index contributed by atoms with van der Waals surface area (Å²) in [6.45, 7) is 0. The second kappa shape index (κ2) is 6.58. The monoisotopic (exact) mass is 162 g/mol. The molecule has 68 valence electrons. The molecule has 0 amide bonds. The van der Waals surface area contributed by atoms with E-state index in [1.165, 1.54) is 0 Å². The fourth-order valence-corrected chi connectivity index (χ4v) is 1.09. The van der Waals surface area contributed by atoms with Gasteiger partial charge in [-0.25, -0.2) is 0 Å². The van der Waals surface area contributed by atoms with Gasteiger partial charge in [-0.15, -0.1) is 0 Å². The SMILES string of the molecule is COC.OC1CCCCC1O. The maximum absolute atomic E-state index is 8.93. The molecule has 11 heavy (non-hydrogen) atoms. The van der Waals surface area contributed by atoms with E-state index >= 15 is 0 Å². The van der Waals surface area contributed by atoms with Crippen LogP contribution in [0.2, 0.25) is 0 Å². The van der Waals surface area contributed by atoms with Crippen LogP contribution in [0.4, 0.5) is 0 Å². The highest BCUT2D eigenvalue weighted by atomic mass is 16.4. The van der Waals surface area contributed by atoms with Gasteiger partial charge in [0.05, 0.1) is 12.2 Å². The van der Waals surface area contributed by atoms with E-state index in [2.05, 4.69) is 4.74 Å². The van der Waals surface area contributed by atoms with Gasteiger partial charge >= 0.3 is 0 Å². The largest absolute Gasteiger partial charge is 0.390 e. The third-order valence-electron chi connectivity index (χ3n) is 1.69. The van der Waals surface area contributed by atoms with E-state index < -0.39 is 12.2 Å². The molecular weight excluding hydrogens is 144 g/mol. The lowest BCUT2D eigenvalue weighted by Crippen LogP contribution is -2.28. The third kappa shape index (κ3) is 5.18. The highest BCUT2D eigenvalue weighted by Crippen LogP contribution is 2.17. The van der Waals surface area contributed by atoms with Crippen molar-refractivity contribution in [2.24, 2.45) is 0 Å². The highest BCUT2D eigenvalue weighted by molar-refractivity contribution is 4.72. The van der Waals surface area contributed by atoms with Gasteiger partial charge in [0.15, 0.2) is 0 Å². The van der Waals surface area contributed by atoms with Gasteiger partial charge in [0.2, 0.25) is 0 Å². The Morgan fingerprint density at radius 3 is 1.45 bits per heavy atom. The maximum Gasteiger partial charge on any atom is 0.0799 e. The molecule has 1 aliphatic rings. The van der Waals surface area contributed by atoms with Gasteiger partial charge in [-0.05, 0) is 12.8 Å². The number of aliphatic hydroxyl groups is 2. The molecule has 0 aromatic carbocycles. The second-order valence-electron chi connectivity index (χ2n) is 2.83. The molecule has 2 unspecified atom stereocenters. The lowest BCUT2D eigenvalue weighted by Gasteiger charge is -2.22. The number of aliphatic hydroxyl groups excluding tert-OH is 2. The minimum Gasteiger partial charge on any atom is -0.390 e. The first-order chi connectivity index (χ1) is 5.22. The van der Waals surface area contributed by atoms with Gasteiger partial charge in [0, 0.05) is 14.2 Å². The molecule has 0 saturated heterocycles. The molecule has 1 fully saturated rings. The Labute approximate surface area is 68.0 Å². The predicted molar refractivity (Wildman–Crippen MR) is 43.4 cm³/mol. The van der Waals surface area contributed by atoms with E-state index in [9.17, 15) is 0 Å². The van der Waals surface area contributed by atoms with Crippen LogP contribution >= 0.6 is 0 Å². The van der Waals surface area contributed by atoms with Crippen molar-refractivity contribution in [3.05, 3.63) is 0 Å². The van der Waals surface area contributed by atoms with Crippen molar-refractivity contribution in [3.63, 3.8) is 0 Å². The topological polar surface area (TPSA) is 49.7 Å². The average Bonchev–Trinajstić information content (AvgIpc) is 1.97. The first-order valence-corrected chi connectivity index (χ1v) is 3.98. The van der Waals surface area contributed by atoms with Crippen molar-refractivity contribution in [2.45, 2.75) is 37.9 Å². The van der Waals surface area contributed by atoms with Gasteiger partial charge in [0.25, 0.3) is 0 Å². The number of hydrogen-bond acceptors (Lipinski definition) is 3. The van der Waals surface area contributed by atoms with Crippen molar-refractivity contribution in [3.8, 4) is 0 Å². The molecule has 2 N–H and O–H groups in total. The summed E-state index contributed by atoms with van der Waals surface area (Å²) in [4.78, 5) is 0. The van der Waals surface area contributed by atoms with Crippen LogP contribution in [0.15, 0.2) is 0 Å². The van der Waals surface area contributed by atoms with Crippen molar-refractivity contribution in [1.82, 2.24) is 0 Å². The Bertz CT molecular complexity index is 75.4. The molecule has 3 nitrogen and oxygen atoms in total. The molecule has 0 aromatic heterocycles. The summed E-state index contributed by atoms with van der Waals surface area (Å²) < 4.78 is 4.25. The van der Waals surface area contributed by atoms with E-state index in [0.717, 1.165) is 25.7 Å². The van der Waals surface area contributed by atoms with E-state index in [1.807, 2.05) is 0 Å². The van der Waals surface area contributed by atoms with Crippen LogP contribution in [0, 0.1) is 0 Å². The van der Waals surface area contributed by atoms with Crippen LogP contribution in [0.5, 0.6) is 0 Å². The number of methoxy groups -OCH3 is 1. The molecule has 0 aliphatic heterocycles. The first kappa shape index (κ1) is 10.9. The van der Waals surface area contributed by atoms with Gasteiger partial charge < -0.3 is 14.9 Å². The van der Waals surface area contributed by atoms with Crippen LogP contribution in [0.1, 0.15) is 25.7 Å². The van der Waals surface area contributed by atoms with Crippen LogP contribution in [-0.4, -0.2) is 36.6 Å². The molecular formula is C8H18O3. The summed E-state index contributed by atoms with van der Waals surface area (Å²) in [5, 5.41) is 17.9. The number of hydrogen-bond donors (Lipinski definition) is 2. The van der Waals surface area contributed by atoms with Crippen LogP contribution in [0.3, 0.4) is 0 Å². The molecule has 0 aromatic rings. The smallest absolute Gasteiger partial charge is 0.0799 e. The van der Waals surface area contributed by atoms with Gasteiger partial charge in [-0.3, -0.25) is 0 Å². The molecule has 3 heteroatoms. The minimum absolute atomic E-state index is 0.441. The quantitative estimate of drug-likeness (QED) is 0.546. The summed E-state index contributed by atoms with van der Waals surface area (Å²) in [5.74, 6) is 0. The zero-order chi connectivity index (χ0) is 8.69. The second-order valence-corrected chi connectivity index (χ2v) is 2.83. The van der Waals surface area contributed by atoms with E-state index in [-0.39, 0.29) is 0 Å². The standard InChI is InChI=1S/C6H12O2.C2H6O/c7-5-3-1-2-4-6(5)8;1-3-2/h5-8H,1-4H2;1-2H3. The molecule has 0 spiro atoms. The summed E-state index contributed by atoms with van der Waals surface area (Å²) in [7, 11) is 3.25. The van der Waals surface area contributed by atoms with Crippen LogP contribution in [0.25, 0.3) is 0 Å². The molecule has 0 radical (unpaired) electrons. The van der Waals surface area contributed by atoms with Gasteiger partial charge in [-0.1, -0.05) is 12.8 Å². The summed E-state index contributed by atoms with van der Waals surface area (Å²) in [6, 6.07) is 0. The van der Waals surface area contributed by atoms with Crippen molar-refractivity contribution in [1.29, 1.82) is 0 Å². The summed E-state index contributed by atoms with van der Waals surface area (Å²) >= 11 is 0. The molecule has 1 rings (SSSR count). The van der Waals surface area contributed by atoms with Crippen molar-refractivity contribution in [2.75, 3.05) is 14.2 Å². The van der Waals surface area contributed by atoms with E-state index in [4.69, 9.17) is 10.2 Å². The number of rotatable bonds is 0. The predicted octanol–water partition coefficient (Wildman–Crippen LogP) is 0.545. The number of ether oxygens (including phenoxy) is 1. The van der Waals surface area contributed by atoms with E-state index in [0.29, 0.717) is 0 Å².